The molecular weight excluding hydrogens is 589 g/mol. The van der Waals surface area contributed by atoms with Gasteiger partial charge in [-0.2, -0.15) is 10.1 Å². The number of nitrogens with one attached hydrogen (secondary N) is 3. The first-order chi connectivity index (χ1) is 22.3. The van der Waals surface area contributed by atoms with Crippen LogP contribution in [-0.2, 0) is 11.8 Å². The van der Waals surface area contributed by atoms with Crippen molar-refractivity contribution in [3.63, 3.8) is 0 Å². The van der Waals surface area contributed by atoms with Gasteiger partial charge < -0.3 is 25.3 Å². The van der Waals surface area contributed by atoms with Crippen LogP contribution in [0.15, 0.2) is 42.9 Å². The molecule has 6 heterocycles. The van der Waals surface area contributed by atoms with Crippen molar-refractivity contribution in [1.82, 2.24) is 39.6 Å². The predicted octanol–water partition coefficient (Wildman–Crippen LogP) is 4.34. The highest BCUT2D eigenvalue weighted by Crippen LogP contribution is 2.33. The molecule has 5 aromatic rings. The van der Waals surface area contributed by atoms with E-state index in [-0.39, 0.29) is 24.6 Å². The summed E-state index contributed by atoms with van der Waals surface area (Å²) in [7, 11) is 1.89. The number of carbonyl (C=O) groups is 1. The van der Waals surface area contributed by atoms with E-state index in [0.717, 1.165) is 65.8 Å². The molecule has 0 radical (unpaired) electrons. The molecule has 238 valence electrons. The molecule has 2 fully saturated rings. The molecule has 1 atom stereocenters. The quantitative estimate of drug-likeness (QED) is 0.217. The number of benzene rings is 1. The summed E-state index contributed by atoms with van der Waals surface area (Å²) in [4.78, 5) is 38.1. The molecule has 2 saturated heterocycles. The highest BCUT2D eigenvalue weighted by Gasteiger charge is 2.28. The number of aryl methyl sites for hydroxylation is 3. The Morgan fingerprint density at radius 1 is 1.13 bits per heavy atom. The van der Waals surface area contributed by atoms with E-state index in [9.17, 15) is 9.18 Å². The number of amides is 1. The third-order valence-corrected chi connectivity index (χ3v) is 8.55. The molecule has 0 bridgehead atoms. The lowest BCUT2D eigenvalue weighted by Gasteiger charge is -2.19. The maximum absolute atomic E-state index is 14.3. The average Bonchev–Trinajstić information content (AvgIpc) is 3.85. The van der Waals surface area contributed by atoms with Crippen molar-refractivity contribution >= 4 is 40.1 Å². The number of nitrogens with zero attached hydrogens (tertiary/aromatic N) is 8. The fraction of sp³-hybridized carbons (Fsp3) is 0.375. The van der Waals surface area contributed by atoms with E-state index in [2.05, 4.69) is 35.7 Å². The Kier molecular flexibility index (Phi) is 7.95. The van der Waals surface area contributed by atoms with Crippen LogP contribution >= 0.6 is 0 Å². The summed E-state index contributed by atoms with van der Waals surface area (Å²) < 4.78 is 22.1. The molecule has 2 aliphatic heterocycles. The zero-order chi connectivity index (χ0) is 31.8. The molecule has 1 aromatic carbocycles. The second-order valence-electron chi connectivity index (χ2n) is 11.9. The van der Waals surface area contributed by atoms with E-state index < -0.39 is 5.82 Å². The molecular formula is C32H36FN11O2. The van der Waals surface area contributed by atoms with Crippen molar-refractivity contribution < 1.29 is 13.9 Å². The van der Waals surface area contributed by atoms with Crippen LogP contribution in [0, 0.1) is 19.7 Å². The summed E-state index contributed by atoms with van der Waals surface area (Å²) in [5.41, 5.74) is 5.11. The van der Waals surface area contributed by atoms with Gasteiger partial charge >= 0.3 is 6.01 Å². The molecule has 46 heavy (non-hydrogen) atoms. The van der Waals surface area contributed by atoms with Crippen molar-refractivity contribution in [3.05, 3.63) is 59.9 Å². The highest BCUT2D eigenvalue weighted by atomic mass is 19.1. The topological polar surface area (TPSA) is 142 Å². The monoisotopic (exact) mass is 625 g/mol. The fourth-order valence-electron chi connectivity index (χ4n) is 6.09. The van der Waals surface area contributed by atoms with E-state index in [4.69, 9.17) is 9.72 Å². The zero-order valence-corrected chi connectivity index (χ0v) is 26.0. The molecule has 4 aromatic heterocycles. The molecule has 14 heteroatoms. The summed E-state index contributed by atoms with van der Waals surface area (Å²) in [6, 6.07) is 7.90. The van der Waals surface area contributed by atoms with Crippen molar-refractivity contribution in [2.24, 2.45) is 7.05 Å². The number of aromatic nitrogens is 7. The minimum absolute atomic E-state index is 0.131. The number of fused-ring (bicyclic) bond motifs is 1. The fourth-order valence-corrected chi connectivity index (χ4v) is 6.09. The molecule has 3 N–H and O–H groups in total. The molecule has 1 amide bonds. The highest BCUT2D eigenvalue weighted by molar-refractivity contribution is 6.06. The number of aromatic amines is 1. The first-order valence-corrected chi connectivity index (χ1v) is 15.5. The first-order valence-electron chi connectivity index (χ1n) is 15.5. The molecule has 0 saturated carbocycles. The van der Waals surface area contributed by atoms with Crippen LogP contribution in [0.1, 0.15) is 30.5 Å². The Morgan fingerprint density at radius 3 is 2.78 bits per heavy atom. The lowest BCUT2D eigenvalue weighted by atomic mass is 10.1. The number of hydrogen-bond donors (Lipinski definition) is 3. The van der Waals surface area contributed by atoms with Gasteiger partial charge in [-0.3, -0.25) is 14.4 Å². The minimum atomic E-state index is -0.437. The number of carbonyl (C=O) groups excluding carboxylic acids is 1. The second kappa shape index (κ2) is 12.4. The number of H-pyrrole nitrogens is 1. The van der Waals surface area contributed by atoms with Crippen molar-refractivity contribution in [2.45, 2.75) is 39.2 Å². The van der Waals surface area contributed by atoms with Gasteiger partial charge in [-0.15, -0.1) is 0 Å². The van der Waals surface area contributed by atoms with Gasteiger partial charge in [0, 0.05) is 68.3 Å². The minimum Gasteiger partial charge on any atom is -0.459 e. The maximum Gasteiger partial charge on any atom is 0.318 e. The van der Waals surface area contributed by atoms with Gasteiger partial charge in [-0.1, -0.05) is 12.1 Å². The molecule has 7 rings (SSSR count). The maximum atomic E-state index is 14.3. The zero-order valence-electron chi connectivity index (χ0n) is 26.0. The van der Waals surface area contributed by atoms with Gasteiger partial charge in [-0.25, -0.2) is 19.3 Å². The average molecular weight is 626 g/mol. The van der Waals surface area contributed by atoms with Crippen molar-refractivity contribution in [2.75, 3.05) is 48.3 Å². The summed E-state index contributed by atoms with van der Waals surface area (Å²) in [6.45, 7) is 6.96. The standard InChI is InChI=1S/C32H36FN11O2/c1-19-14-35-31(38-26-13-20(2)42(3)41-26)39-28(19)23-15-34-29-22(23)7-6-8-25(29)37-27(45)18-43-12-9-21(17-43)46-32-36-16-24(33)30(40-32)44-10-4-5-11-44/h6-8,13-16,21,34H,4-5,9-12,17-18H2,1-3H3,(H,37,45)(H,35,38,39,41). The van der Waals surface area contributed by atoms with Crippen LogP contribution in [0.25, 0.3) is 22.2 Å². The van der Waals surface area contributed by atoms with Crippen molar-refractivity contribution in [1.29, 1.82) is 0 Å². The van der Waals surface area contributed by atoms with Crippen LogP contribution in [0.3, 0.4) is 0 Å². The van der Waals surface area contributed by atoms with Gasteiger partial charge in [0.1, 0.15) is 6.10 Å². The third-order valence-electron chi connectivity index (χ3n) is 8.55. The first kappa shape index (κ1) is 29.6. The summed E-state index contributed by atoms with van der Waals surface area (Å²) in [6.07, 6.45) is 7.44. The van der Waals surface area contributed by atoms with Gasteiger partial charge in [0.2, 0.25) is 11.9 Å². The number of likely N-dealkylation sites (tertiary alicyclic amines) is 1. The number of anilines is 4. The van der Waals surface area contributed by atoms with E-state index >= 15 is 0 Å². The van der Waals surface area contributed by atoms with Crippen LogP contribution < -0.4 is 20.3 Å². The Labute approximate surface area is 265 Å². The lowest BCUT2D eigenvalue weighted by Crippen LogP contribution is -2.33. The predicted molar refractivity (Wildman–Crippen MR) is 173 cm³/mol. The normalized spacial score (nSPS) is 16.8. The largest absolute Gasteiger partial charge is 0.459 e. The lowest BCUT2D eigenvalue weighted by molar-refractivity contribution is -0.117. The number of hydrogen-bond acceptors (Lipinski definition) is 10. The summed E-state index contributed by atoms with van der Waals surface area (Å²) in [5.74, 6) is 0.847. The number of para-hydroxylation sites is 1. The third kappa shape index (κ3) is 6.07. The Bertz CT molecular complexity index is 1880. The van der Waals surface area contributed by atoms with Gasteiger partial charge in [0.15, 0.2) is 17.5 Å². The van der Waals surface area contributed by atoms with Crippen LogP contribution in [0.5, 0.6) is 6.01 Å². The Balaban J connectivity index is 1.00. The molecule has 2 aliphatic rings. The van der Waals surface area contributed by atoms with Crippen LogP contribution in [-0.4, -0.2) is 84.3 Å². The summed E-state index contributed by atoms with van der Waals surface area (Å²) >= 11 is 0. The van der Waals surface area contributed by atoms with E-state index in [0.29, 0.717) is 36.4 Å². The Morgan fingerprint density at radius 2 is 1.98 bits per heavy atom. The van der Waals surface area contributed by atoms with E-state index in [1.165, 1.54) is 6.20 Å². The van der Waals surface area contributed by atoms with Crippen molar-refractivity contribution in [3.8, 4) is 17.3 Å². The SMILES string of the molecule is Cc1cnc(Nc2cc(C)n(C)n2)nc1-c1c[nH]c2c(NC(=O)CN3CCC(Oc4ncc(F)c(N5CCCC5)n4)C3)cccc12. The molecule has 0 spiro atoms. The van der Waals surface area contributed by atoms with Gasteiger partial charge in [0.25, 0.3) is 0 Å². The van der Waals surface area contributed by atoms with Crippen LogP contribution in [0.4, 0.5) is 27.7 Å². The van der Waals surface area contributed by atoms with Gasteiger partial charge in [-0.05, 0) is 44.7 Å². The van der Waals surface area contributed by atoms with Crippen LogP contribution in [0.2, 0.25) is 0 Å². The number of ether oxygens (including phenoxy) is 1. The Hall–Kier alpha value is -5.11. The second-order valence-corrected chi connectivity index (χ2v) is 11.9. The molecule has 1 unspecified atom stereocenters. The number of halogens is 1. The smallest absolute Gasteiger partial charge is 0.318 e. The van der Waals surface area contributed by atoms with Gasteiger partial charge in [0.05, 0.1) is 29.6 Å². The van der Waals surface area contributed by atoms with E-state index in [1.807, 2.05) is 61.2 Å². The number of rotatable bonds is 9. The van der Waals surface area contributed by atoms with E-state index in [1.54, 1.807) is 10.9 Å². The summed E-state index contributed by atoms with van der Waals surface area (Å²) in [5, 5.41) is 11.6. The molecule has 0 aliphatic carbocycles. The molecule has 13 nitrogen and oxygen atoms in total.